The molecule has 0 aliphatic heterocycles. The molecular formula is C15H13BrTe. The molecule has 0 aliphatic carbocycles. The van der Waals surface area contributed by atoms with E-state index in [1.165, 1.54) is 19.2 Å². The third-order valence-electron chi connectivity index (χ3n) is 2.37. The van der Waals surface area contributed by atoms with Crippen molar-refractivity contribution in [2.24, 2.45) is 0 Å². The predicted octanol–water partition coefficient (Wildman–Crippen LogP) is 3.72. The van der Waals surface area contributed by atoms with Gasteiger partial charge in [0.2, 0.25) is 0 Å². The molecule has 0 N–H and O–H groups in total. The van der Waals surface area contributed by atoms with Crippen molar-refractivity contribution in [3.63, 3.8) is 0 Å². The summed E-state index contributed by atoms with van der Waals surface area (Å²) in [5.74, 6) is 0. The Kier molecular flexibility index (Phi) is 4.85. The summed E-state index contributed by atoms with van der Waals surface area (Å²) in [4.78, 5) is 0. The first-order chi connectivity index (χ1) is 8.25. The van der Waals surface area contributed by atoms with Gasteiger partial charge in [-0.25, -0.2) is 0 Å². The van der Waals surface area contributed by atoms with E-state index in [1.54, 1.807) is 0 Å². The van der Waals surface area contributed by atoms with Gasteiger partial charge in [-0.1, -0.05) is 0 Å². The average Bonchev–Trinajstić information content (AvgIpc) is 2.39. The molecule has 0 amide bonds. The average molecular weight is 401 g/mol. The molecule has 0 aliphatic rings. The Morgan fingerprint density at radius 3 is 2.29 bits per heavy atom. The van der Waals surface area contributed by atoms with Gasteiger partial charge in [-0.05, 0) is 0 Å². The predicted molar refractivity (Wildman–Crippen MR) is 79.9 cm³/mol. The fourth-order valence-electron chi connectivity index (χ4n) is 1.40. The molecule has 0 saturated carbocycles. The van der Waals surface area contributed by atoms with Crippen LogP contribution in [-0.2, 0) is 0 Å². The standard InChI is InChI=1S/C15H13BrTe/c1-12-7-9-14(10-8-12)17-11-15(16)13-5-3-2-4-6-13/h2-11H,1H3/b15-11-. The number of hydrogen-bond donors (Lipinski definition) is 0. The summed E-state index contributed by atoms with van der Waals surface area (Å²) in [6.07, 6.45) is 0. The minimum atomic E-state index is -0.246. The van der Waals surface area contributed by atoms with Gasteiger partial charge >= 0.3 is 122 Å². The van der Waals surface area contributed by atoms with E-state index in [9.17, 15) is 0 Å². The first kappa shape index (κ1) is 12.9. The van der Waals surface area contributed by atoms with Crippen LogP contribution < -0.4 is 3.61 Å². The van der Waals surface area contributed by atoms with Crippen molar-refractivity contribution in [3.8, 4) is 0 Å². The second-order valence-corrected chi connectivity index (χ2v) is 7.31. The van der Waals surface area contributed by atoms with Crippen LogP contribution in [0.3, 0.4) is 0 Å². The van der Waals surface area contributed by atoms with Gasteiger partial charge in [-0.2, -0.15) is 0 Å². The summed E-state index contributed by atoms with van der Waals surface area (Å²) in [5, 5.41) is 0. The Balaban J connectivity index is 2.08. The van der Waals surface area contributed by atoms with E-state index in [2.05, 4.69) is 75.5 Å². The van der Waals surface area contributed by atoms with Crippen LogP contribution in [0.2, 0.25) is 0 Å². The van der Waals surface area contributed by atoms with E-state index >= 15 is 0 Å². The third kappa shape index (κ3) is 3.99. The molecule has 0 nitrogen and oxygen atoms in total. The first-order valence-corrected chi connectivity index (χ1v) is 8.70. The van der Waals surface area contributed by atoms with Crippen LogP contribution in [0, 0.1) is 6.92 Å². The summed E-state index contributed by atoms with van der Waals surface area (Å²) in [7, 11) is 0. The number of halogens is 1. The van der Waals surface area contributed by atoms with Gasteiger partial charge in [0.25, 0.3) is 0 Å². The fourth-order valence-corrected chi connectivity index (χ4v) is 4.20. The number of aryl methyl sites for hydroxylation is 1. The van der Waals surface area contributed by atoms with E-state index in [-0.39, 0.29) is 20.9 Å². The summed E-state index contributed by atoms with van der Waals surface area (Å²) in [5.41, 5.74) is 2.58. The van der Waals surface area contributed by atoms with Crippen molar-refractivity contribution in [1.29, 1.82) is 0 Å². The minimum absolute atomic E-state index is 0.246. The second kappa shape index (κ2) is 6.40. The van der Waals surface area contributed by atoms with E-state index in [0.717, 1.165) is 0 Å². The van der Waals surface area contributed by atoms with Crippen molar-refractivity contribution >= 4 is 44.9 Å². The topological polar surface area (TPSA) is 0 Å². The van der Waals surface area contributed by atoms with E-state index in [4.69, 9.17) is 0 Å². The molecule has 0 spiro atoms. The van der Waals surface area contributed by atoms with Crippen molar-refractivity contribution < 1.29 is 0 Å². The van der Waals surface area contributed by atoms with Crippen molar-refractivity contribution in [2.75, 3.05) is 0 Å². The second-order valence-electron chi connectivity index (χ2n) is 3.76. The van der Waals surface area contributed by atoms with Crippen LogP contribution in [0.5, 0.6) is 0 Å². The fraction of sp³-hybridized carbons (Fsp3) is 0.0667. The summed E-state index contributed by atoms with van der Waals surface area (Å²) >= 11 is 3.41. The zero-order chi connectivity index (χ0) is 12.1. The molecule has 2 aromatic carbocycles. The van der Waals surface area contributed by atoms with Gasteiger partial charge in [0, 0.05) is 0 Å². The zero-order valence-corrected chi connectivity index (χ0v) is 13.5. The molecule has 2 rings (SSSR count). The normalized spacial score (nSPS) is 11.5. The molecule has 0 heterocycles. The zero-order valence-electron chi connectivity index (χ0n) is 9.56. The van der Waals surface area contributed by atoms with E-state index in [0.29, 0.717) is 0 Å². The molecule has 0 bridgehead atoms. The van der Waals surface area contributed by atoms with Gasteiger partial charge in [0.1, 0.15) is 0 Å². The molecule has 86 valence electrons. The summed E-state index contributed by atoms with van der Waals surface area (Å²) in [6, 6.07) is 19.3. The van der Waals surface area contributed by atoms with Crippen LogP contribution in [0.15, 0.2) is 58.7 Å². The SMILES string of the molecule is Cc1ccc([Te]/C=C(\Br)c2ccccc2)cc1. The molecule has 17 heavy (non-hydrogen) atoms. The maximum absolute atomic E-state index is 3.65. The number of benzene rings is 2. The monoisotopic (exact) mass is 402 g/mol. The number of rotatable bonds is 3. The number of hydrogen-bond acceptors (Lipinski definition) is 0. The molecular weight excluding hydrogens is 388 g/mol. The molecule has 0 radical (unpaired) electrons. The molecule has 0 aromatic heterocycles. The van der Waals surface area contributed by atoms with Crippen LogP contribution in [-0.4, -0.2) is 20.9 Å². The summed E-state index contributed by atoms with van der Waals surface area (Å²) in [6.45, 7) is 2.13. The molecule has 2 aromatic rings. The quantitative estimate of drug-likeness (QED) is 0.689. The Morgan fingerprint density at radius 1 is 1.00 bits per heavy atom. The Bertz CT molecular complexity index is 500. The molecule has 0 unspecified atom stereocenters. The Labute approximate surface area is 121 Å². The molecule has 0 fully saturated rings. The van der Waals surface area contributed by atoms with Crippen molar-refractivity contribution in [2.45, 2.75) is 6.92 Å². The van der Waals surface area contributed by atoms with Crippen LogP contribution in [0.1, 0.15) is 11.1 Å². The van der Waals surface area contributed by atoms with Gasteiger partial charge in [0.05, 0.1) is 0 Å². The van der Waals surface area contributed by atoms with Crippen LogP contribution in [0.25, 0.3) is 4.48 Å². The van der Waals surface area contributed by atoms with Crippen molar-refractivity contribution in [3.05, 3.63) is 69.8 Å². The third-order valence-corrected chi connectivity index (χ3v) is 6.56. The van der Waals surface area contributed by atoms with E-state index < -0.39 is 0 Å². The Hall–Kier alpha value is -0.550. The van der Waals surface area contributed by atoms with Crippen molar-refractivity contribution in [1.82, 2.24) is 0 Å². The molecule has 0 saturated heterocycles. The van der Waals surface area contributed by atoms with Gasteiger partial charge in [0.15, 0.2) is 0 Å². The maximum atomic E-state index is 3.65. The van der Waals surface area contributed by atoms with E-state index in [1.807, 2.05) is 6.07 Å². The summed E-state index contributed by atoms with van der Waals surface area (Å²) < 4.78 is 5.01. The van der Waals surface area contributed by atoms with Crippen LogP contribution >= 0.6 is 15.9 Å². The van der Waals surface area contributed by atoms with Crippen LogP contribution in [0.4, 0.5) is 0 Å². The first-order valence-electron chi connectivity index (χ1n) is 5.40. The molecule has 0 atom stereocenters. The van der Waals surface area contributed by atoms with Gasteiger partial charge < -0.3 is 0 Å². The molecule has 2 heteroatoms. The van der Waals surface area contributed by atoms with Gasteiger partial charge in [-0.15, -0.1) is 0 Å². The van der Waals surface area contributed by atoms with Gasteiger partial charge in [-0.3, -0.25) is 0 Å². The Morgan fingerprint density at radius 2 is 1.65 bits per heavy atom.